The summed E-state index contributed by atoms with van der Waals surface area (Å²) in [4.78, 5) is 27.2. The lowest BCUT2D eigenvalue weighted by Crippen LogP contribution is -2.53. The maximum atomic E-state index is 13.0. The SMILES string of the molecule is CN(C)S(=O)(=O)N(C)CC(=O)N1C[C@@H](C(=O)NCCc2ccccc2)Oc2ccccc21. The molecule has 1 aliphatic rings. The second-order valence-corrected chi connectivity index (χ2v) is 9.90. The van der Waals surface area contributed by atoms with Gasteiger partial charge in [-0.15, -0.1) is 0 Å². The van der Waals surface area contributed by atoms with Gasteiger partial charge in [0.25, 0.3) is 16.1 Å². The van der Waals surface area contributed by atoms with E-state index in [1.54, 1.807) is 24.3 Å². The van der Waals surface area contributed by atoms with Crippen LogP contribution in [0.4, 0.5) is 5.69 Å². The van der Waals surface area contributed by atoms with Gasteiger partial charge in [-0.25, -0.2) is 0 Å². The molecule has 0 fully saturated rings. The average Bonchev–Trinajstić information content (AvgIpc) is 2.78. The first-order valence-electron chi connectivity index (χ1n) is 10.2. The van der Waals surface area contributed by atoms with E-state index in [0.29, 0.717) is 24.4 Å². The highest BCUT2D eigenvalue weighted by Gasteiger charge is 2.35. The lowest BCUT2D eigenvalue weighted by atomic mass is 10.1. The molecule has 2 amide bonds. The van der Waals surface area contributed by atoms with Crippen LogP contribution in [-0.2, 0) is 26.2 Å². The van der Waals surface area contributed by atoms with Gasteiger partial charge in [0.1, 0.15) is 5.75 Å². The predicted octanol–water partition coefficient (Wildman–Crippen LogP) is 0.878. The highest BCUT2D eigenvalue weighted by Crippen LogP contribution is 2.33. The van der Waals surface area contributed by atoms with Crippen molar-refractivity contribution in [2.75, 3.05) is 45.7 Å². The third-order valence-corrected chi connectivity index (χ3v) is 6.98. The van der Waals surface area contributed by atoms with Crippen molar-refractivity contribution >= 4 is 27.7 Å². The number of nitrogens with zero attached hydrogens (tertiary/aromatic N) is 3. The van der Waals surface area contributed by atoms with E-state index >= 15 is 0 Å². The number of benzene rings is 2. The van der Waals surface area contributed by atoms with Gasteiger partial charge >= 0.3 is 0 Å². The highest BCUT2D eigenvalue weighted by atomic mass is 32.2. The molecule has 1 atom stereocenters. The largest absolute Gasteiger partial charge is 0.477 e. The number of rotatable bonds is 8. The van der Waals surface area contributed by atoms with Crippen LogP contribution in [0.15, 0.2) is 54.6 Å². The molecule has 32 heavy (non-hydrogen) atoms. The Bertz CT molecular complexity index is 1060. The Morgan fingerprint density at radius 2 is 1.72 bits per heavy atom. The standard InChI is InChI=1S/C22H28N4O5S/c1-24(2)32(29,30)25(3)16-21(27)26-15-20(31-19-12-8-7-11-18(19)26)22(28)23-14-13-17-9-5-4-6-10-17/h4-12,20H,13-16H2,1-3H3,(H,23,28)/t20-/m0/s1. The van der Waals surface area contributed by atoms with E-state index in [2.05, 4.69) is 5.32 Å². The van der Waals surface area contributed by atoms with Crippen LogP contribution in [0.2, 0.25) is 0 Å². The fourth-order valence-corrected chi connectivity index (χ4v) is 4.16. The van der Waals surface area contributed by atoms with Crippen LogP contribution in [0.25, 0.3) is 0 Å². The maximum absolute atomic E-state index is 13.0. The number of nitrogens with one attached hydrogen (secondary N) is 1. The van der Waals surface area contributed by atoms with Crippen molar-refractivity contribution in [3.63, 3.8) is 0 Å². The number of anilines is 1. The molecular formula is C22H28N4O5S. The molecule has 1 aliphatic heterocycles. The topological polar surface area (TPSA) is 99.3 Å². The number of carbonyl (C=O) groups is 2. The van der Waals surface area contributed by atoms with Gasteiger partial charge < -0.3 is 15.0 Å². The summed E-state index contributed by atoms with van der Waals surface area (Å²) in [5, 5.41) is 2.86. The van der Waals surface area contributed by atoms with Gasteiger partial charge in [0.05, 0.1) is 18.8 Å². The van der Waals surface area contributed by atoms with E-state index in [0.717, 1.165) is 14.2 Å². The van der Waals surface area contributed by atoms with E-state index < -0.39 is 22.2 Å². The van der Waals surface area contributed by atoms with E-state index in [-0.39, 0.29) is 19.0 Å². The van der Waals surface area contributed by atoms with Crippen molar-refractivity contribution in [3.8, 4) is 5.75 Å². The molecule has 2 aromatic rings. The molecule has 3 rings (SSSR count). The zero-order chi connectivity index (χ0) is 23.3. The van der Waals surface area contributed by atoms with E-state index in [4.69, 9.17) is 4.74 Å². The summed E-state index contributed by atoms with van der Waals surface area (Å²) in [7, 11) is 0.391. The second kappa shape index (κ2) is 10.1. The third-order valence-electron chi connectivity index (χ3n) is 5.14. The summed E-state index contributed by atoms with van der Waals surface area (Å²) >= 11 is 0. The molecule has 0 unspecified atom stereocenters. The third kappa shape index (κ3) is 5.45. The predicted molar refractivity (Wildman–Crippen MR) is 122 cm³/mol. The molecule has 0 aromatic heterocycles. The lowest BCUT2D eigenvalue weighted by Gasteiger charge is -2.35. The number of likely N-dealkylation sites (N-methyl/N-ethyl adjacent to an activating group) is 1. The minimum Gasteiger partial charge on any atom is -0.477 e. The van der Waals surface area contributed by atoms with Crippen LogP contribution in [0.5, 0.6) is 5.75 Å². The van der Waals surface area contributed by atoms with Crippen molar-refractivity contribution in [2.45, 2.75) is 12.5 Å². The van der Waals surface area contributed by atoms with Gasteiger partial charge in [0, 0.05) is 27.7 Å². The molecule has 0 radical (unpaired) electrons. The Morgan fingerprint density at radius 3 is 2.41 bits per heavy atom. The summed E-state index contributed by atoms with van der Waals surface area (Å²) in [5.74, 6) is -0.383. The number of para-hydroxylation sites is 2. The molecule has 0 saturated carbocycles. The molecule has 9 nitrogen and oxygen atoms in total. The Kier molecular flexibility index (Phi) is 7.49. The Balaban J connectivity index is 1.69. The van der Waals surface area contributed by atoms with Crippen LogP contribution in [-0.4, -0.2) is 75.7 Å². The van der Waals surface area contributed by atoms with Gasteiger partial charge in [-0.3, -0.25) is 9.59 Å². The first kappa shape index (κ1) is 23.7. The normalized spacial score (nSPS) is 15.9. The zero-order valence-electron chi connectivity index (χ0n) is 18.4. The monoisotopic (exact) mass is 460 g/mol. The van der Waals surface area contributed by atoms with Gasteiger partial charge in [0.2, 0.25) is 5.91 Å². The van der Waals surface area contributed by atoms with Crippen molar-refractivity contribution in [1.29, 1.82) is 0 Å². The number of hydrogen-bond acceptors (Lipinski definition) is 5. The lowest BCUT2D eigenvalue weighted by molar-refractivity contribution is -0.128. The Morgan fingerprint density at radius 1 is 1.06 bits per heavy atom. The minimum atomic E-state index is -3.75. The zero-order valence-corrected chi connectivity index (χ0v) is 19.2. The molecule has 0 aliphatic carbocycles. The van der Waals surface area contributed by atoms with Gasteiger partial charge in [-0.2, -0.15) is 17.0 Å². The highest BCUT2D eigenvalue weighted by molar-refractivity contribution is 7.86. The van der Waals surface area contributed by atoms with Crippen LogP contribution >= 0.6 is 0 Å². The first-order chi connectivity index (χ1) is 15.2. The van der Waals surface area contributed by atoms with Crippen molar-refractivity contribution in [2.24, 2.45) is 0 Å². The summed E-state index contributed by atoms with van der Waals surface area (Å²) in [6.07, 6.45) is -0.230. The molecule has 1 heterocycles. The number of amides is 2. The van der Waals surface area contributed by atoms with E-state index in [1.165, 1.54) is 26.0 Å². The van der Waals surface area contributed by atoms with E-state index in [9.17, 15) is 18.0 Å². The number of fused-ring (bicyclic) bond motifs is 1. The van der Waals surface area contributed by atoms with Crippen LogP contribution in [0.3, 0.4) is 0 Å². The summed E-state index contributed by atoms with van der Waals surface area (Å²) in [6, 6.07) is 16.7. The smallest absolute Gasteiger partial charge is 0.281 e. The maximum Gasteiger partial charge on any atom is 0.281 e. The van der Waals surface area contributed by atoms with Gasteiger partial charge in [-0.1, -0.05) is 42.5 Å². The molecular weight excluding hydrogens is 432 g/mol. The summed E-state index contributed by atoms with van der Waals surface area (Å²) in [6.45, 7) is 0.0577. The van der Waals surface area contributed by atoms with Crippen LogP contribution in [0.1, 0.15) is 5.56 Å². The van der Waals surface area contributed by atoms with Crippen molar-refractivity contribution < 1.29 is 22.7 Å². The van der Waals surface area contributed by atoms with Gasteiger partial charge in [-0.05, 0) is 24.1 Å². The molecule has 2 aromatic carbocycles. The van der Waals surface area contributed by atoms with Crippen molar-refractivity contribution in [3.05, 3.63) is 60.2 Å². The quantitative estimate of drug-likeness (QED) is 0.631. The summed E-state index contributed by atoms with van der Waals surface area (Å²) in [5.41, 5.74) is 1.60. The Labute approximate surface area is 188 Å². The molecule has 172 valence electrons. The second-order valence-electron chi connectivity index (χ2n) is 7.65. The molecule has 10 heteroatoms. The van der Waals surface area contributed by atoms with Crippen LogP contribution in [0, 0.1) is 0 Å². The number of ether oxygens (including phenoxy) is 1. The van der Waals surface area contributed by atoms with Crippen molar-refractivity contribution in [1.82, 2.24) is 13.9 Å². The summed E-state index contributed by atoms with van der Waals surface area (Å²) < 4.78 is 32.4. The Hall–Kier alpha value is -2.95. The molecule has 0 saturated heterocycles. The molecule has 0 bridgehead atoms. The molecule has 1 N–H and O–H groups in total. The fraction of sp³-hybridized carbons (Fsp3) is 0.364. The van der Waals surface area contributed by atoms with Crippen LogP contribution < -0.4 is 15.0 Å². The minimum absolute atomic E-state index is 0.0110. The number of hydrogen-bond donors (Lipinski definition) is 1. The average molecular weight is 461 g/mol. The first-order valence-corrected chi connectivity index (χ1v) is 11.6. The number of carbonyl (C=O) groups excluding carboxylic acids is 2. The fourth-order valence-electron chi connectivity index (χ4n) is 3.33. The molecule has 0 spiro atoms. The van der Waals surface area contributed by atoms with E-state index in [1.807, 2.05) is 30.3 Å². The van der Waals surface area contributed by atoms with Gasteiger partial charge in [0.15, 0.2) is 6.10 Å².